The molecule has 3 rings (SSSR count). The van der Waals surface area contributed by atoms with Crippen LogP contribution in [0.15, 0.2) is 30.6 Å². The quantitative estimate of drug-likeness (QED) is 0.899. The van der Waals surface area contributed by atoms with Crippen LogP contribution in [0, 0.1) is 0 Å². The highest BCUT2D eigenvalue weighted by atomic mass is 16.5. The standard InChI is InChI=1S/C16H21N3O/c1-11(15-17-7-8-18-15)19-10-13-6-4-5-12-9-16(2,3)20-14(12)13/h4-8,11,19H,9-10H2,1-3H3,(H,17,18). The Morgan fingerprint density at radius 3 is 3.05 bits per heavy atom. The Morgan fingerprint density at radius 2 is 2.30 bits per heavy atom. The van der Waals surface area contributed by atoms with Crippen LogP contribution in [0.1, 0.15) is 43.8 Å². The summed E-state index contributed by atoms with van der Waals surface area (Å²) in [5.41, 5.74) is 2.43. The van der Waals surface area contributed by atoms with Gasteiger partial charge in [0.15, 0.2) is 0 Å². The largest absolute Gasteiger partial charge is 0.487 e. The first-order chi connectivity index (χ1) is 9.55. The van der Waals surface area contributed by atoms with Crippen LogP contribution in [-0.4, -0.2) is 15.6 Å². The molecule has 4 nitrogen and oxygen atoms in total. The van der Waals surface area contributed by atoms with Gasteiger partial charge in [0.1, 0.15) is 17.2 Å². The van der Waals surface area contributed by atoms with Gasteiger partial charge in [-0.25, -0.2) is 4.98 Å². The second-order valence-corrected chi connectivity index (χ2v) is 6.02. The molecule has 1 aromatic heterocycles. The molecule has 0 saturated heterocycles. The number of ether oxygens (including phenoxy) is 1. The Kier molecular flexibility index (Phi) is 3.26. The highest BCUT2D eigenvalue weighted by Gasteiger charge is 2.31. The predicted octanol–water partition coefficient (Wildman–Crippen LogP) is 2.97. The van der Waals surface area contributed by atoms with Gasteiger partial charge in [0.2, 0.25) is 0 Å². The van der Waals surface area contributed by atoms with E-state index in [1.54, 1.807) is 6.20 Å². The zero-order valence-electron chi connectivity index (χ0n) is 12.2. The fraction of sp³-hybridized carbons (Fsp3) is 0.438. The molecule has 2 N–H and O–H groups in total. The minimum atomic E-state index is -0.0922. The number of fused-ring (bicyclic) bond motifs is 1. The molecule has 2 aromatic rings. The van der Waals surface area contributed by atoms with Crippen molar-refractivity contribution < 1.29 is 4.74 Å². The Bertz CT molecular complexity index is 590. The van der Waals surface area contributed by atoms with Gasteiger partial charge in [-0.15, -0.1) is 0 Å². The van der Waals surface area contributed by atoms with Gasteiger partial charge in [-0.3, -0.25) is 0 Å². The second kappa shape index (κ2) is 4.94. The molecular weight excluding hydrogens is 250 g/mol. The average molecular weight is 271 g/mol. The van der Waals surface area contributed by atoms with E-state index in [1.165, 1.54) is 11.1 Å². The second-order valence-electron chi connectivity index (χ2n) is 6.02. The Morgan fingerprint density at radius 1 is 1.45 bits per heavy atom. The van der Waals surface area contributed by atoms with Crippen molar-refractivity contribution in [3.8, 4) is 5.75 Å². The van der Waals surface area contributed by atoms with E-state index in [1.807, 2.05) is 6.20 Å². The first kappa shape index (κ1) is 13.2. The summed E-state index contributed by atoms with van der Waals surface area (Å²) in [6.07, 6.45) is 4.60. The van der Waals surface area contributed by atoms with Crippen LogP contribution >= 0.6 is 0 Å². The number of hydrogen-bond donors (Lipinski definition) is 2. The maximum Gasteiger partial charge on any atom is 0.127 e. The third-order valence-electron chi connectivity index (χ3n) is 3.70. The first-order valence-corrected chi connectivity index (χ1v) is 7.07. The minimum Gasteiger partial charge on any atom is -0.487 e. The van der Waals surface area contributed by atoms with E-state index in [9.17, 15) is 0 Å². The molecule has 1 unspecified atom stereocenters. The summed E-state index contributed by atoms with van der Waals surface area (Å²) in [6.45, 7) is 7.15. The van der Waals surface area contributed by atoms with Crippen LogP contribution in [0.5, 0.6) is 5.75 Å². The first-order valence-electron chi connectivity index (χ1n) is 7.07. The lowest BCUT2D eigenvalue weighted by Crippen LogP contribution is -2.25. The number of benzene rings is 1. The molecule has 0 radical (unpaired) electrons. The lowest BCUT2D eigenvalue weighted by Gasteiger charge is -2.19. The number of nitrogens with one attached hydrogen (secondary N) is 2. The van der Waals surface area contributed by atoms with Gasteiger partial charge in [0.25, 0.3) is 0 Å². The van der Waals surface area contributed by atoms with Gasteiger partial charge >= 0.3 is 0 Å². The van der Waals surface area contributed by atoms with Crippen LogP contribution < -0.4 is 10.1 Å². The molecule has 106 valence electrons. The van der Waals surface area contributed by atoms with Crippen LogP contribution in [0.2, 0.25) is 0 Å². The maximum absolute atomic E-state index is 6.08. The number of para-hydroxylation sites is 1. The molecule has 2 heterocycles. The molecule has 1 atom stereocenters. The number of aromatic amines is 1. The van der Waals surface area contributed by atoms with E-state index in [-0.39, 0.29) is 11.6 Å². The Balaban J connectivity index is 1.72. The molecule has 0 fully saturated rings. The number of H-pyrrole nitrogens is 1. The molecule has 0 saturated carbocycles. The molecule has 1 aliphatic heterocycles. The fourth-order valence-electron chi connectivity index (χ4n) is 2.69. The van der Waals surface area contributed by atoms with Crippen molar-refractivity contribution in [1.29, 1.82) is 0 Å². The van der Waals surface area contributed by atoms with E-state index in [4.69, 9.17) is 4.74 Å². The molecule has 20 heavy (non-hydrogen) atoms. The van der Waals surface area contributed by atoms with Crippen LogP contribution in [0.3, 0.4) is 0 Å². The topological polar surface area (TPSA) is 49.9 Å². The van der Waals surface area contributed by atoms with Crippen molar-refractivity contribution in [3.63, 3.8) is 0 Å². The van der Waals surface area contributed by atoms with Crippen LogP contribution in [0.25, 0.3) is 0 Å². The van der Waals surface area contributed by atoms with Gasteiger partial charge in [-0.1, -0.05) is 18.2 Å². The van der Waals surface area contributed by atoms with Crippen molar-refractivity contribution in [2.75, 3.05) is 0 Å². The van der Waals surface area contributed by atoms with Gasteiger partial charge < -0.3 is 15.0 Å². The average Bonchev–Trinajstić information content (AvgIpc) is 3.01. The number of aromatic nitrogens is 2. The molecule has 0 aliphatic carbocycles. The molecule has 4 heteroatoms. The van der Waals surface area contributed by atoms with Crippen LogP contribution in [0.4, 0.5) is 0 Å². The Labute approximate surface area is 119 Å². The van der Waals surface area contributed by atoms with Crippen molar-refractivity contribution in [3.05, 3.63) is 47.5 Å². The number of imidazole rings is 1. The van der Waals surface area contributed by atoms with Gasteiger partial charge in [-0.05, 0) is 26.3 Å². The summed E-state index contributed by atoms with van der Waals surface area (Å²) in [6, 6.07) is 6.58. The van der Waals surface area contributed by atoms with Crippen LogP contribution in [-0.2, 0) is 13.0 Å². The maximum atomic E-state index is 6.08. The zero-order chi connectivity index (χ0) is 14.2. The van der Waals surface area contributed by atoms with E-state index in [2.05, 4.69) is 54.3 Å². The molecule has 1 aromatic carbocycles. The summed E-state index contributed by atoms with van der Waals surface area (Å²) < 4.78 is 6.08. The van der Waals surface area contributed by atoms with Gasteiger partial charge in [0, 0.05) is 30.9 Å². The lowest BCUT2D eigenvalue weighted by atomic mass is 10.0. The molecule has 0 spiro atoms. The molecular formula is C16H21N3O. The van der Waals surface area contributed by atoms with Gasteiger partial charge in [-0.2, -0.15) is 0 Å². The van der Waals surface area contributed by atoms with Gasteiger partial charge in [0.05, 0.1) is 6.04 Å². The van der Waals surface area contributed by atoms with E-state index >= 15 is 0 Å². The van der Waals surface area contributed by atoms with Crippen molar-refractivity contribution in [1.82, 2.24) is 15.3 Å². The van der Waals surface area contributed by atoms with E-state index in [0.717, 1.165) is 24.5 Å². The molecule has 1 aliphatic rings. The number of nitrogens with zero attached hydrogens (tertiary/aromatic N) is 1. The number of hydrogen-bond acceptors (Lipinski definition) is 3. The normalized spacial score (nSPS) is 17.6. The smallest absolute Gasteiger partial charge is 0.127 e. The highest BCUT2D eigenvalue weighted by molar-refractivity contribution is 5.45. The van der Waals surface area contributed by atoms with E-state index in [0.29, 0.717) is 0 Å². The summed E-state index contributed by atoms with van der Waals surface area (Å²) in [4.78, 5) is 7.41. The minimum absolute atomic E-state index is 0.0922. The lowest BCUT2D eigenvalue weighted by molar-refractivity contribution is 0.137. The predicted molar refractivity (Wildman–Crippen MR) is 78.7 cm³/mol. The molecule has 0 amide bonds. The zero-order valence-corrected chi connectivity index (χ0v) is 12.2. The summed E-state index contributed by atoms with van der Waals surface area (Å²) in [5, 5.41) is 3.48. The summed E-state index contributed by atoms with van der Waals surface area (Å²) in [7, 11) is 0. The fourth-order valence-corrected chi connectivity index (χ4v) is 2.69. The summed E-state index contributed by atoms with van der Waals surface area (Å²) in [5.74, 6) is 2.01. The molecule has 0 bridgehead atoms. The highest BCUT2D eigenvalue weighted by Crippen LogP contribution is 2.37. The third-order valence-corrected chi connectivity index (χ3v) is 3.70. The van der Waals surface area contributed by atoms with Crippen molar-refractivity contribution >= 4 is 0 Å². The Hall–Kier alpha value is -1.81. The monoisotopic (exact) mass is 271 g/mol. The third kappa shape index (κ3) is 2.56. The van der Waals surface area contributed by atoms with Crippen molar-refractivity contribution in [2.24, 2.45) is 0 Å². The number of rotatable bonds is 4. The van der Waals surface area contributed by atoms with Crippen molar-refractivity contribution in [2.45, 2.75) is 45.4 Å². The SMILES string of the molecule is CC(NCc1cccc2c1OC(C)(C)C2)c1ncc[nH]1. The summed E-state index contributed by atoms with van der Waals surface area (Å²) >= 11 is 0. The van der Waals surface area contributed by atoms with E-state index < -0.39 is 0 Å².